The van der Waals surface area contributed by atoms with Crippen LogP contribution >= 0.6 is 27.3 Å². The normalized spacial score (nSPS) is 12.3. The number of thiophene rings is 1. The number of aliphatic hydroxyl groups is 1. The highest BCUT2D eigenvalue weighted by Gasteiger charge is 2.07. The molecule has 0 aliphatic heterocycles. The maximum atomic E-state index is 13.5. The van der Waals surface area contributed by atoms with Crippen molar-refractivity contribution in [3.05, 3.63) is 50.9 Å². The number of aliphatic hydroxyl groups excluding tert-OH is 1. The Hall–Kier alpha value is -0.950. The Morgan fingerprint density at radius 1 is 1.40 bits per heavy atom. The summed E-state index contributed by atoms with van der Waals surface area (Å²) >= 11 is 4.80. The van der Waals surface area contributed by atoms with Crippen LogP contribution in [0.3, 0.4) is 0 Å². The highest BCUT2D eigenvalue weighted by molar-refractivity contribution is 9.10. The number of hydrogen-bond acceptors (Lipinski definition) is 4. The average Bonchev–Trinajstić information content (AvgIpc) is 2.91. The van der Waals surface area contributed by atoms with E-state index in [4.69, 9.17) is 4.74 Å². The number of nitrogens with one attached hydrogen (secondary N) is 1. The molecule has 2 N–H and O–H groups in total. The third-order valence-electron chi connectivity index (χ3n) is 2.59. The fourth-order valence-electron chi connectivity index (χ4n) is 1.61. The van der Waals surface area contributed by atoms with Crippen molar-refractivity contribution in [2.24, 2.45) is 0 Å². The van der Waals surface area contributed by atoms with Crippen LogP contribution in [0.25, 0.3) is 0 Å². The van der Waals surface area contributed by atoms with Crippen LogP contribution in [0.1, 0.15) is 4.88 Å². The molecule has 2 rings (SSSR count). The van der Waals surface area contributed by atoms with E-state index in [2.05, 4.69) is 21.2 Å². The van der Waals surface area contributed by atoms with Gasteiger partial charge in [-0.15, -0.1) is 11.3 Å². The van der Waals surface area contributed by atoms with E-state index < -0.39 is 6.10 Å². The lowest BCUT2D eigenvalue weighted by Gasteiger charge is -2.13. The van der Waals surface area contributed by atoms with E-state index in [9.17, 15) is 9.50 Å². The van der Waals surface area contributed by atoms with E-state index in [1.807, 2.05) is 17.5 Å². The van der Waals surface area contributed by atoms with Crippen molar-refractivity contribution < 1.29 is 14.2 Å². The molecule has 1 aromatic heterocycles. The van der Waals surface area contributed by atoms with E-state index in [1.165, 1.54) is 6.07 Å². The molecule has 1 heterocycles. The zero-order chi connectivity index (χ0) is 14.4. The molecule has 0 bridgehead atoms. The highest BCUT2D eigenvalue weighted by atomic mass is 79.9. The van der Waals surface area contributed by atoms with Crippen molar-refractivity contribution in [1.82, 2.24) is 0 Å². The summed E-state index contributed by atoms with van der Waals surface area (Å²) in [6.07, 6.45) is -0.682. The minimum Gasteiger partial charge on any atom is -0.389 e. The van der Waals surface area contributed by atoms with Crippen LogP contribution < -0.4 is 5.32 Å². The Bertz CT molecular complexity index is 536. The lowest BCUT2D eigenvalue weighted by Crippen LogP contribution is -2.25. The summed E-state index contributed by atoms with van der Waals surface area (Å²) in [4.78, 5) is 1.11. The first-order valence-corrected chi connectivity index (χ1v) is 7.79. The Kier molecular flexibility index (Phi) is 5.97. The van der Waals surface area contributed by atoms with Gasteiger partial charge in [-0.1, -0.05) is 22.0 Å². The lowest BCUT2D eigenvalue weighted by atomic mass is 10.3. The Morgan fingerprint density at radius 3 is 2.95 bits per heavy atom. The minimum absolute atomic E-state index is 0.211. The van der Waals surface area contributed by atoms with E-state index in [1.54, 1.807) is 23.5 Å². The lowest BCUT2D eigenvalue weighted by molar-refractivity contribution is 0.0358. The molecule has 2 aromatic rings. The molecular weight excluding hydrogens is 345 g/mol. The zero-order valence-electron chi connectivity index (χ0n) is 10.7. The van der Waals surface area contributed by atoms with Crippen molar-refractivity contribution in [3.8, 4) is 0 Å². The molecule has 1 aromatic carbocycles. The first-order chi connectivity index (χ1) is 9.65. The molecule has 0 amide bonds. The topological polar surface area (TPSA) is 41.5 Å². The zero-order valence-corrected chi connectivity index (χ0v) is 13.1. The van der Waals surface area contributed by atoms with E-state index >= 15 is 0 Å². The van der Waals surface area contributed by atoms with Gasteiger partial charge in [0, 0.05) is 15.9 Å². The van der Waals surface area contributed by atoms with Crippen LogP contribution in [-0.2, 0) is 11.3 Å². The van der Waals surface area contributed by atoms with Gasteiger partial charge in [-0.2, -0.15) is 0 Å². The Balaban J connectivity index is 1.70. The quantitative estimate of drug-likeness (QED) is 0.792. The predicted molar refractivity (Wildman–Crippen MR) is 82.6 cm³/mol. The largest absolute Gasteiger partial charge is 0.389 e. The minimum atomic E-state index is -0.682. The summed E-state index contributed by atoms with van der Waals surface area (Å²) in [6, 6.07) is 8.68. The van der Waals surface area contributed by atoms with Gasteiger partial charge < -0.3 is 15.2 Å². The van der Waals surface area contributed by atoms with Crippen molar-refractivity contribution >= 4 is 33.0 Å². The molecule has 20 heavy (non-hydrogen) atoms. The van der Waals surface area contributed by atoms with Gasteiger partial charge in [0.15, 0.2) is 0 Å². The molecule has 108 valence electrons. The summed E-state index contributed by atoms with van der Waals surface area (Å²) in [7, 11) is 0. The Morgan fingerprint density at radius 2 is 2.25 bits per heavy atom. The summed E-state index contributed by atoms with van der Waals surface area (Å²) in [5, 5.41) is 14.6. The van der Waals surface area contributed by atoms with Crippen molar-refractivity contribution in [1.29, 1.82) is 0 Å². The van der Waals surface area contributed by atoms with Gasteiger partial charge in [0.1, 0.15) is 5.82 Å². The van der Waals surface area contributed by atoms with Gasteiger partial charge in [-0.05, 0) is 29.6 Å². The van der Waals surface area contributed by atoms with Crippen LogP contribution in [0, 0.1) is 5.82 Å². The molecule has 0 aliphatic carbocycles. The van der Waals surface area contributed by atoms with Gasteiger partial charge in [-0.3, -0.25) is 0 Å². The SMILES string of the molecule is OC(CNc1ccc(Br)cc1F)COCc1cccs1. The summed E-state index contributed by atoms with van der Waals surface area (Å²) in [5.74, 6) is -0.355. The third-order valence-corrected chi connectivity index (χ3v) is 3.94. The van der Waals surface area contributed by atoms with E-state index in [0.29, 0.717) is 16.8 Å². The van der Waals surface area contributed by atoms with Gasteiger partial charge in [0.25, 0.3) is 0 Å². The second-order valence-corrected chi connectivity index (χ2v) is 6.20. The monoisotopic (exact) mass is 359 g/mol. The number of rotatable bonds is 7. The first kappa shape index (κ1) is 15.4. The molecular formula is C14H15BrFNO2S. The standard InChI is InChI=1S/C14H15BrFNO2S/c15-10-3-4-14(13(16)6-10)17-7-11(18)8-19-9-12-2-1-5-20-12/h1-6,11,17-18H,7-9H2. The summed E-state index contributed by atoms with van der Waals surface area (Å²) in [5.41, 5.74) is 0.366. The number of halogens is 2. The van der Waals surface area contributed by atoms with Crippen molar-refractivity contribution in [3.63, 3.8) is 0 Å². The average molecular weight is 360 g/mol. The van der Waals surface area contributed by atoms with Crippen molar-refractivity contribution in [2.75, 3.05) is 18.5 Å². The van der Waals surface area contributed by atoms with Crippen LogP contribution in [0.15, 0.2) is 40.2 Å². The maximum Gasteiger partial charge on any atom is 0.147 e. The van der Waals surface area contributed by atoms with E-state index in [0.717, 1.165) is 4.88 Å². The van der Waals surface area contributed by atoms with Crippen molar-refractivity contribution in [2.45, 2.75) is 12.7 Å². The second kappa shape index (κ2) is 7.73. The van der Waals surface area contributed by atoms with Crippen LogP contribution in [-0.4, -0.2) is 24.4 Å². The molecule has 3 nitrogen and oxygen atoms in total. The molecule has 6 heteroatoms. The van der Waals surface area contributed by atoms with Crippen LogP contribution in [0.4, 0.5) is 10.1 Å². The summed E-state index contributed by atoms with van der Waals surface area (Å²) < 4.78 is 19.6. The van der Waals surface area contributed by atoms with Gasteiger partial charge in [0.2, 0.25) is 0 Å². The van der Waals surface area contributed by atoms with Gasteiger partial charge in [-0.25, -0.2) is 4.39 Å². The second-order valence-electron chi connectivity index (χ2n) is 4.25. The number of hydrogen-bond donors (Lipinski definition) is 2. The van der Waals surface area contributed by atoms with Crippen LogP contribution in [0.5, 0.6) is 0 Å². The maximum absolute atomic E-state index is 13.5. The molecule has 0 saturated carbocycles. The molecule has 1 unspecified atom stereocenters. The molecule has 0 spiro atoms. The van der Waals surface area contributed by atoms with E-state index in [-0.39, 0.29) is 19.0 Å². The first-order valence-electron chi connectivity index (χ1n) is 6.12. The molecule has 0 aliphatic rings. The molecule has 0 saturated heterocycles. The Labute approximate surface area is 129 Å². The smallest absolute Gasteiger partial charge is 0.147 e. The number of ether oxygens (including phenoxy) is 1. The number of anilines is 1. The van der Waals surface area contributed by atoms with Gasteiger partial charge >= 0.3 is 0 Å². The third kappa shape index (κ3) is 4.86. The van der Waals surface area contributed by atoms with Gasteiger partial charge in [0.05, 0.1) is 25.0 Å². The predicted octanol–water partition coefficient (Wildman–Crippen LogP) is 3.64. The fraction of sp³-hybridized carbons (Fsp3) is 0.286. The fourth-order valence-corrected chi connectivity index (χ4v) is 2.58. The molecule has 1 atom stereocenters. The summed E-state index contributed by atoms with van der Waals surface area (Å²) in [6.45, 7) is 0.938. The highest BCUT2D eigenvalue weighted by Crippen LogP contribution is 2.19. The number of benzene rings is 1. The molecule has 0 radical (unpaired) electrons. The van der Waals surface area contributed by atoms with Crippen LogP contribution in [0.2, 0.25) is 0 Å². The molecule has 0 fully saturated rings.